The highest BCUT2D eigenvalue weighted by atomic mass is 35.5. The largest absolute Gasteiger partial charge is 0.352 e. The number of piperidine rings is 1. The van der Waals surface area contributed by atoms with Crippen LogP contribution in [-0.2, 0) is 20.8 Å². The average Bonchev–Trinajstić information content (AvgIpc) is 3.41. The van der Waals surface area contributed by atoms with Crippen LogP contribution < -0.4 is 21.3 Å². The summed E-state index contributed by atoms with van der Waals surface area (Å²) in [6.45, 7) is 5.05. The van der Waals surface area contributed by atoms with E-state index in [0.717, 1.165) is 42.5 Å². The Hall–Kier alpha value is -4.41. The Morgan fingerprint density at radius 1 is 0.904 bits per heavy atom. The minimum absolute atomic E-state index is 0.00262. The molecule has 3 fully saturated rings. The van der Waals surface area contributed by atoms with E-state index in [-0.39, 0.29) is 54.6 Å². The molecule has 0 radical (unpaired) electrons. The van der Waals surface area contributed by atoms with Crippen LogP contribution in [0.3, 0.4) is 0 Å². The van der Waals surface area contributed by atoms with Gasteiger partial charge in [0.05, 0.1) is 6.67 Å². The van der Waals surface area contributed by atoms with E-state index in [9.17, 15) is 19.2 Å². The summed E-state index contributed by atoms with van der Waals surface area (Å²) in [4.78, 5) is 60.8. The maximum absolute atomic E-state index is 14.3. The zero-order valence-corrected chi connectivity index (χ0v) is 31.0. The Balaban J connectivity index is 1.18. The molecule has 2 heterocycles. The molecule has 2 saturated heterocycles. The SMILES string of the molecule is CC(C)C(N)c1ccc(C(=O)N[C@H](Cc2ccc(Cl)cc2)C(=O)N2CCC3(CC2)C(=O)N(CC(=O)NC2CCCCC2)CN3c2ccccc2)cc1. The van der Waals surface area contributed by atoms with Crippen LogP contribution in [-0.4, -0.2) is 77.4 Å². The number of hydrogen-bond donors (Lipinski definition) is 3. The first-order chi connectivity index (χ1) is 25.0. The molecule has 2 atom stereocenters. The number of rotatable bonds is 11. The van der Waals surface area contributed by atoms with Crippen molar-refractivity contribution in [1.82, 2.24) is 20.4 Å². The Morgan fingerprint density at radius 3 is 2.19 bits per heavy atom. The smallest absolute Gasteiger partial charge is 0.251 e. The van der Waals surface area contributed by atoms with Crippen molar-refractivity contribution in [2.75, 3.05) is 31.2 Å². The normalized spacial score (nSPS) is 18.8. The summed E-state index contributed by atoms with van der Waals surface area (Å²) in [7, 11) is 0. The molecule has 4 N–H and O–H groups in total. The lowest BCUT2D eigenvalue weighted by atomic mass is 9.85. The molecule has 4 amide bonds. The molecule has 3 aromatic rings. The third-order valence-corrected chi connectivity index (χ3v) is 11.3. The van der Waals surface area contributed by atoms with Crippen molar-refractivity contribution in [3.8, 4) is 0 Å². The quantitative estimate of drug-likeness (QED) is 0.241. The van der Waals surface area contributed by atoms with Gasteiger partial charge in [0.15, 0.2) is 0 Å². The molecule has 1 aliphatic carbocycles. The Labute approximate surface area is 312 Å². The Bertz CT molecular complexity index is 1700. The lowest BCUT2D eigenvalue weighted by Gasteiger charge is -2.44. The van der Waals surface area contributed by atoms with E-state index in [2.05, 4.69) is 29.4 Å². The highest BCUT2D eigenvalue weighted by Crippen LogP contribution is 2.39. The fourth-order valence-electron chi connectivity index (χ4n) is 7.87. The first kappa shape index (κ1) is 37.4. The molecular formula is C41H51ClN6O4. The van der Waals surface area contributed by atoms with Gasteiger partial charge in [-0.2, -0.15) is 0 Å². The molecule has 276 valence electrons. The number of carbonyl (C=O) groups is 4. The maximum Gasteiger partial charge on any atom is 0.251 e. The second-order valence-electron chi connectivity index (χ2n) is 14.9. The van der Waals surface area contributed by atoms with Gasteiger partial charge in [0.1, 0.15) is 18.1 Å². The molecule has 11 heteroatoms. The van der Waals surface area contributed by atoms with Gasteiger partial charge in [0, 0.05) is 47.9 Å². The summed E-state index contributed by atoms with van der Waals surface area (Å²) in [5.74, 6) is -0.534. The van der Waals surface area contributed by atoms with Gasteiger partial charge < -0.3 is 31.1 Å². The molecule has 10 nitrogen and oxygen atoms in total. The molecule has 1 spiro atoms. The summed E-state index contributed by atoms with van der Waals surface area (Å²) in [5.41, 5.74) is 8.57. The fraction of sp³-hybridized carbons (Fsp3) is 0.463. The topological polar surface area (TPSA) is 128 Å². The fourth-order valence-corrected chi connectivity index (χ4v) is 8.00. The van der Waals surface area contributed by atoms with Crippen LogP contribution in [0.4, 0.5) is 5.69 Å². The monoisotopic (exact) mass is 726 g/mol. The zero-order chi connectivity index (χ0) is 36.8. The van der Waals surface area contributed by atoms with Gasteiger partial charge in [-0.15, -0.1) is 0 Å². The lowest BCUT2D eigenvalue weighted by molar-refractivity contribution is -0.140. The number of amides is 4. The van der Waals surface area contributed by atoms with E-state index < -0.39 is 11.6 Å². The predicted molar refractivity (Wildman–Crippen MR) is 204 cm³/mol. The molecule has 6 rings (SSSR count). The van der Waals surface area contributed by atoms with E-state index in [0.29, 0.717) is 43.2 Å². The first-order valence-electron chi connectivity index (χ1n) is 18.6. The highest BCUT2D eigenvalue weighted by Gasteiger charge is 2.54. The number of halogens is 1. The molecule has 2 aliphatic heterocycles. The second kappa shape index (κ2) is 16.5. The standard InChI is InChI=1S/C41H51ClN6O4/c1-28(2)37(43)30-15-17-31(18-16-30)38(50)45-35(25-29-13-19-32(42)20-14-29)39(51)46-23-21-41(22-24-46)40(52)47(27-48(41)34-11-7-4-8-12-34)26-36(49)44-33-9-5-3-6-10-33/h4,7-8,11-20,28,33,35,37H,3,5-6,9-10,21-27,43H2,1-2H3,(H,44,49)(H,45,50)/t35-,37?/m1/s1. The molecule has 0 aromatic heterocycles. The van der Waals surface area contributed by atoms with Gasteiger partial charge in [-0.05, 0) is 79.1 Å². The number of likely N-dealkylation sites (tertiary alicyclic amines) is 1. The van der Waals surface area contributed by atoms with E-state index in [1.54, 1.807) is 34.1 Å². The third-order valence-electron chi connectivity index (χ3n) is 11.0. The summed E-state index contributed by atoms with van der Waals surface area (Å²) in [6.07, 6.45) is 6.43. The van der Waals surface area contributed by atoms with E-state index in [1.165, 1.54) is 6.42 Å². The van der Waals surface area contributed by atoms with Gasteiger partial charge in [-0.1, -0.05) is 87.2 Å². The second-order valence-corrected chi connectivity index (χ2v) is 15.4. The van der Waals surface area contributed by atoms with Crippen molar-refractivity contribution in [3.05, 3.63) is 101 Å². The van der Waals surface area contributed by atoms with Crippen molar-refractivity contribution < 1.29 is 19.2 Å². The maximum atomic E-state index is 14.3. The number of nitrogens with one attached hydrogen (secondary N) is 2. The number of nitrogens with zero attached hydrogens (tertiary/aromatic N) is 3. The third kappa shape index (κ3) is 8.45. The van der Waals surface area contributed by atoms with Gasteiger partial charge in [-0.25, -0.2) is 0 Å². The van der Waals surface area contributed by atoms with Crippen molar-refractivity contribution in [1.29, 1.82) is 0 Å². The van der Waals surface area contributed by atoms with Crippen molar-refractivity contribution in [2.24, 2.45) is 11.7 Å². The number of benzene rings is 3. The van der Waals surface area contributed by atoms with Crippen LogP contribution in [0.15, 0.2) is 78.9 Å². The minimum Gasteiger partial charge on any atom is -0.352 e. The number of hydrogen-bond acceptors (Lipinski definition) is 6. The van der Waals surface area contributed by atoms with Gasteiger partial charge in [0.2, 0.25) is 11.8 Å². The van der Waals surface area contributed by atoms with Gasteiger partial charge in [-0.3, -0.25) is 19.2 Å². The Kier molecular flexibility index (Phi) is 11.9. The van der Waals surface area contributed by atoms with Crippen LogP contribution in [0, 0.1) is 5.92 Å². The van der Waals surface area contributed by atoms with Crippen molar-refractivity contribution >= 4 is 40.9 Å². The predicted octanol–water partition coefficient (Wildman–Crippen LogP) is 5.45. The number of nitrogens with two attached hydrogens (primary N) is 1. The summed E-state index contributed by atoms with van der Waals surface area (Å²) in [5, 5.41) is 6.75. The van der Waals surface area contributed by atoms with Crippen molar-refractivity contribution in [3.63, 3.8) is 0 Å². The van der Waals surface area contributed by atoms with Gasteiger partial charge in [0.25, 0.3) is 11.8 Å². The number of carbonyl (C=O) groups excluding carboxylic acids is 4. The minimum atomic E-state index is -0.892. The Morgan fingerprint density at radius 2 is 1.56 bits per heavy atom. The molecule has 3 aromatic carbocycles. The molecule has 0 bridgehead atoms. The molecule has 1 unspecified atom stereocenters. The average molecular weight is 727 g/mol. The number of para-hydroxylation sites is 1. The van der Waals surface area contributed by atoms with Crippen molar-refractivity contribution in [2.45, 2.75) is 88.9 Å². The van der Waals surface area contributed by atoms with E-state index >= 15 is 0 Å². The van der Waals surface area contributed by atoms with Crippen LogP contribution in [0.25, 0.3) is 0 Å². The van der Waals surface area contributed by atoms with Gasteiger partial charge >= 0.3 is 0 Å². The highest BCUT2D eigenvalue weighted by molar-refractivity contribution is 6.30. The lowest BCUT2D eigenvalue weighted by Crippen LogP contribution is -2.60. The van der Waals surface area contributed by atoms with E-state index in [4.69, 9.17) is 17.3 Å². The summed E-state index contributed by atoms with van der Waals surface area (Å²) < 4.78 is 0. The molecule has 3 aliphatic rings. The van der Waals surface area contributed by atoms with Crippen LogP contribution in [0.5, 0.6) is 0 Å². The molecular weight excluding hydrogens is 676 g/mol. The van der Waals surface area contributed by atoms with E-state index in [1.807, 2.05) is 54.6 Å². The summed E-state index contributed by atoms with van der Waals surface area (Å²) in [6, 6.07) is 23.4. The summed E-state index contributed by atoms with van der Waals surface area (Å²) >= 11 is 6.15. The van der Waals surface area contributed by atoms with Crippen LogP contribution in [0.2, 0.25) is 5.02 Å². The van der Waals surface area contributed by atoms with Crippen LogP contribution >= 0.6 is 11.6 Å². The first-order valence-corrected chi connectivity index (χ1v) is 19.0. The molecule has 1 saturated carbocycles. The molecule has 52 heavy (non-hydrogen) atoms. The van der Waals surface area contributed by atoms with Crippen LogP contribution in [0.1, 0.15) is 86.3 Å². The zero-order valence-electron chi connectivity index (χ0n) is 30.2. The number of anilines is 1.